The van der Waals surface area contributed by atoms with Crippen molar-refractivity contribution >= 4 is 68.1 Å². The molecule has 0 atom stereocenters. The average molecular weight is 482 g/mol. The maximum absolute atomic E-state index is 12.5. The molecule has 0 radical (unpaired) electrons. The van der Waals surface area contributed by atoms with E-state index in [4.69, 9.17) is 11.6 Å². The van der Waals surface area contributed by atoms with Crippen molar-refractivity contribution in [2.45, 2.75) is 6.92 Å². The summed E-state index contributed by atoms with van der Waals surface area (Å²) in [4.78, 5) is 37.9. The average Bonchev–Trinajstić information content (AvgIpc) is 2.88. The first-order chi connectivity index (χ1) is 13.2. The SMILES string of the molecule is Cc1ccc(NC(=O)CN2C(=O)SC(=Cc3cc(Cl)cc(Br)c3O)C2=O)cc1. The summed E-state index contributed by atoms with van der Waals surface area (Å²) in [5, 5.41) is 12.5. The molecule has 28 heavy (non-hydrogen) atoms. The Kier molecular flexibility index (Phi) is 6.12. The Hall–Kier alpha value is -2.29. The largest absolute Gasteiger partial charge is 0.506 e. The van der Waals surface area contributed by atoms with Crippen LogP contribution >= 0.6 is 39.3 Å². The highest BCUT2D eigenvalue weighted by Crippen LogP contribution is 2.37. The van der Waals surface area contributed by atoms with Crippen molar-refractivity contribution < 1.29 is 19.5 Å². The van der Waals surface area contributed by atoms with Crippen molar-refractivity contribution in [3.63, 3.8) is 0 Å². The third-order valence-corrected chi connectivity index (χ3v) is 5.58. The van der Waals surface area contributed by atoms with E-state index in [0.717, 1.165) is 10.5 Å². The van der Waals surface area contributed by atoms with Gasteiger partial charge in [0.2, 0.25) is 5.91 Å². The Bertz CT molecular complexity index is 1010. The van der Waals surface area contributed by atoms with E-state index in [0.29, 0.717) is 26.9 Å². The molecule has 1 aliphatic heterocycles. The molecule has 1 heterocycles. The standard InChI is InChI=1S/C19H14BrClN2O4S/c1-10-2-4-13(5-3-10)22-16(24)9-23-18(26)15(28-19(23)27)7-11-6-12(21)8-14(20)17(11)25/h2-8,25H,9H2,1H3,(H,22,24). The van der Waals surface area contributed by atoms with E-state index in [1.54, 1.807) is 12.1 Å². The molecule has 1 aliphatic rings. The molecule has 6 nitrogen and oxygen atoms in total. The van der Waals surface area contributed by atoms with Crippen molar-refractivity contribution in [3.8, 4) is 5.75 Å². The number of thioether (sulfide) groups is 1. The number of benzene rings is 2. The molecule has 2 aromatic rings. The normalized spacial score (nSPS) is 15.4. The summed E-state index contributed by atoms with van der Waals surface area (Å²) in [7, 11) is 0. The van der Waals surface area contributed by atoms with Crippen LogP contribution in [0.25, 0.3) is 6.08 Å². The Balaban J connectivity index is 1.74. The van der Waals surface area contributed by atoms with E-state index >= 15 is 0 Å². The lowest BCUT2D eigenvalue weighted by Crippen LogP contribution is -2.36. The molecule has 0 spiro atoms. The Morgan fingerprint density at radius 3 is 2.64 bits per heavy atom. The summed E-state index contributed by atoms with van der Waals surface area (Å²) in [5.41, 5.74) is 1.91. The number of hydrogen-bond donors (Lipinski definition) is 2. The van der Waals surface area contributed by atoms with Crippen molar-refractivity contribution in [1.29, 1.82) is 0 Å². The molecule has 9 heteroatoms. The Morgan fingerprint density at radius 1 is 1.29 bits per heavy atom. The summed E-state index contributed by atoms with van der Waals surface area (Å²) in [5.74, 6) is -1.20. The molecular formula is C19H14BrClN2O4S. The quantitative estimate of drug-likeness (QED) is 0.613. The third kappa shape index (κ3) is 4.57. The number of phenols is 1. The molecule has 3 amide bonds. The fraction of sp³-hybridized carbons (Fsp3) is 0.105. The Morgan fingerprint density at radius 2 is 1.96 bits per heavy atom. The van der Waals surface area contributed by atoms with Gasteiger partial charge in [0.05, 0.1) is 9.38 Å². The lowest BCUT2D eigenvalue weighted by Gasteiger charge is -2.12. The predicted octanol–water partition coefficient (Wildman–Crippen LogP) is 4.79. The molecule has 0 aliphatic carbocycles. The molecule has 0 saturated carbocycles. The van der Waals surface area contributed by atoms with Gasteiger partial charge in [0, 0.05) is 16.3 Å². The number of amides is 3. The highest BCUT2D eigenvalue weighted by molar-refractivity contribution is 9.10. The minimum Gasteiger partial charge on any atom is -0.506 e. The van der Waals surface area contributed by atoms with Crippen molar-refractivity contribution in [3.05, 3.63) is 61.9 Å². The second-order valence-electron chi connectivity index (χ2n) is 6.01. The number of aromatic hydroxyl groups is 1. The number of imide groups is 1. The number of hydrogen-bond acceptors (Lipinski definition) is 5. The van der Waals surface area contributed by atoms with Crippen molar-refractivity contribution in [1.82, 2.24) is 4.90 Å². The smallest absolute Gasteiger partial charge is 0.294 e. The van der Waals surface area contributed by atoms with Crippen molar-refractivity contribution in [2.24, 2.45) is 0 Å². The summed E-state index contributed by atoms with van der Waals surface area (Å²) in [6.07, 6.45) is 1.37. The van der Waals surface area contributed by atoms with Crippen LogP contribution in [-0.4, -0.2) is 33.6 Å². The van der Waals surface area contributed by atoms with E-state index in [2.05, 4.69) is 21.2 Å². The van der Waals surface area contributed by atoms with Crippen LogP contribution in [0.1, 0.15) is 11.1 Å². The molecule has 1 fully saturated rings. The maximum Gasteiger partial charge on any atom is 0.294 e. The third-order valence-electron chi connectivity index (χ3n) is 3.85. The van der Waals surface area contributed by atoms with E-state index in [1.165, 1.54) is 18.2 Å². The highest BCUT2D eigenvalue weighted by Gasteiger charge is 2.36. The lowest BCUT2D eigenvalue weighted by molar-refractivity contribution is -0.127. The zero-order chi connectivity index (χ0) is 20.4. The molecule has 0 unspecified atom stereocenters. The van der Waals surface area contributed by atoms with Crippen LogP contribution in [0, 0.1) is 6.92 Å². The molecule has 2 N–H and O–H groups in total. The fourth-order valence-electron chi connectivity index (χ4n) is 2.45. The van der Waals surface area contributed by atoms with Gasteiger partial charge < -0.3 is 10.4 Å². The number of halogens is 2. The number of aryl methyl sites for hydroxylation is 1. The minimum atomic E-state index is -0.607. The van der Waals surface area contributed by atoms with Gasteiger partial charge >= 0.3 is 0 Å². The molecule has 0 bridgehead atoms. The number of rotatable bonds is 4. The number of phenolic OH excluding ortho intramolecular Hbond substituents is 1. The summed E-state index contributed by atoms with van der Waals surface area (Å²) < 4.78 is 0.364. The zero-order valence-corrected chi connectivity index (χ0v) is 17.7. The number of carbonyl (C=O) groups excluding carboxylic acids is 3. The van der Waals surface area contributed by atoms with Crippen LogP contribution in [0.3, 0.4) is 0 Å². The van der Waals surface area contributed by atoms with E-state index in [-0.39, 0.29) is 16.2 Å². The number of nitrogens with one attached hydrogen (secondary N) is 1. The van der Waals surface area contributed by atoms with Crippen molar-refractivity contribution in [2.75, 3.05) is 11.9 Å². The van der Waals surface area contributed by atoms with Gasteiger partial charge in [-0.1, -0.05) is 29.3 Å². The van der Waals surface area contributed by atoms with Crippen LogP contribution < -0.4 is 5.32 Å². The van der Waals surface area contributed by atoms with E-state index in [1.807, 2.05) is 19.1 Å². The zero-order valence-electron chi connectivity index (χ0n) is 14.5. The molecule has 1 saturated heterocycles. The van der Waals surface area contributed by atoms with Gasteiger partial charge in [-0.05, 0) is 65.0 Å². The topological polar surface area (TPSA) is 86.7 Å². The highest BCUT2D eigenvalue weighted by atomic mass is 79.9. The Labute approximate surface area is 178 Å². The molecular weight excluding hydrogens is 468 g/mol. The second-order valence-corrected chi connectivity index (χ2v) is 8.29. The monoisotopic (exact) mass is 480 g/mol. The summed E-state index contributed by atoms with van der Waals surface area (Å²) in [6.45, 7) is 1.52. The first-order valence-electron chi connectivity index (χ1n) is 8.04. The number of carbonyl (C=O) groups is 3. The van der Waals surface area contributed by atoms with Gasteiger partial charge in [-0.2, -0.15) is 0 Å². The molecule has 144 valence electrons. The minimum absolute atomic E-state index is 0.0950. The van der Waals surface area contributed by atoms with Gasteiger partial charge in [0.15, 0.2) is 0 Å². The summed E-state index contributed by atoms with van der Waals surface area (Å²) in [6, 6.07) is 10.1. The van der Waals surface area contributed by atoms with Crippen LogP contribution in [0.4, 0.5) is 10.5 Å². The molecule has 3 rings (SSSR count). The molecule has 2 aromatic carbocycles. The number of nitrogens with zero attached hydrogens (tertiary/aromatic N) is 1. The summed E-state index contributed by atoms with van der Waals surface area (Å²) >= 11 is 9.83. The van der Waals surface area contributed by atoms with E-state index in [9.17, 15) is 19.5 Å². The van der Waals surface area contributed by atoms with Crippen LogP contribution in [0.5, 0.6) is 5.75 Å². The van der Waals surface area contributed by atoms with Gasteiger partial charge in [0.25, 0.3) is 11.1 Å². The van der Waals surface area contributed by atoms with E-state index < -0.39 is 23.6 Å². The van der Waals surface area contributed by atoms with Gasteiger partial charge in [0.1, 0.15) is 12.3 Å². The first kappa shape index (κ1) is 20.4. The van der Waals surface area contributed by atoms with Crippen LogP contribution in [0.2, 0.25) is 5.02 Å². The predicted molar refractivity (Wildman–Crippen MR) is 113 cm³/mol. The van der Waals surface area contributed by atoms with Gasteiger partial charge in [-0.3, -0.25) is 19.3 Å². The molecule has 0 aromatic heterocycles. The van der Waals surface area contributed by atoms with Crippen LogP contribution in [0.15, 0.2) is 45.8 Å². The fourth-order valence-corrected chi connectivity index (χ4v) is 4.12. The lowest BCUT2D eigenvalue weighted by atomic mass is 10.2. The number of anilines is 1. The second kappa shape index (κ2) is 8.38. The maximum atomic E-state index is 12.5. The van der Waals surface area contributed by atoms with Gasteiger partial charge in [-0.15, -0.1) is 0 Å². The van der Waals surface area contributed by atoms with Gasteiger partial charge in [-0.25, -0.2) is 0 Å². The first-order valence-corrected chi connectivity index (χ1v) is 10.0. The van der Waals surface area contributed by atoms with Crippen LogP contribution in [-0.2, 0) is 9.59 Å².